The van der Waals surface area contributed by atoms with E-state index in [-0.39, 0.29) is 12.5 Å². The molecular formula is C22H27F3N3O2+. The van der Waals surface area contributed by atoms with Gasteiger partial charge in [0.25, 0.3) is 11.7 Å². The van der Waals surface area contributed by atoms with Crippen LogP contribution in [0.25, 0.3) is 0 Å². The summed E-state index contributed by atoms with van der Waals surface area (Å²) in [5, 5.41) is 0. The summed E-state index contributed by atoms with van der Waals surface area (Å²) >= 11 is 0. The number of piperazine rings is 1. The molecule has 1 aliphatic rings. The van der Waals surface area contributed by atoms with Gasteiger partial charge in [-0.1, -0.05) is 26.0 Å². The van der Waals surface area contributed by atoms with Crippen LogP contribution in [-0.4, -0.2) is 43.6 Å². The fourth-order valence-electron chi connectivity index (χ4n) is 3.46. The third kappa shape index (κ3) is 5.23. The highest BCUT2D eigenvalue weighted by atomic mass is 19.4. The van der Waals surface area contributed by atoms with Crippen LogP contribution in [-0.2, 0) is 11.0 Å². The Labute approximate surface area is 174 Å². The van der Waals surface area contributed by atoms with Gasteiger partial charge in [0.05, 0.1) is 18.7 Å². The summed E-state index contributed by atoms with van der Waals surface area (Å²) in [6, 6.07) is 8.49. The number of aromatic amines is 1. The topological polar surface area (TPSA) is 46.9 Å². The lowest BCUT2D eigenvalue weighted by molar-refractivity contribution is -0.367. The molecule has 1 fully saturated rings. The van der Waals surface area contributed by atoms with Gasteiger partial charge >= 0.3 is 6.18 Å². The first-order valence-corrected chi connectivity index (χ1v) is 10.00. The number of alkyl halides is 3. The van der Waals surface area contributed by atoms with Crippen LogP contribution in [0.4, 0.5) is 19.0 Å². The Hall–Kier alpha value is -2.77. The highest BCUT2D eigenvalue weighted by molar-refractivity contribution is 5.78. The number of rotatable bonds is 5. The number of ether oxygens (including phenoxy) is 1. The summed E-state index contributed by atoms with van der Waals surface area (Å²) in [4.78, 5) is 18.9. The van der Waals surface area contributed by atoms with Crippen molar-refractivity contribution in [2.75, 3.05) is 37.7 Å². The molecule has 0 saturated carbocycles. The molecule has 2 heterocycles. The van der Waals surface area contributed by atoms with Crippen LogP contribution in [0, 0.1) is 6.92 Å². The van der Waals surface area contributed by atoms with E-state index in [0.717, 1.165) is 29.1 Å². The molecule has 1 amide bonds. The van der Waals surface area contributed by atoms with E-state index in [4.69, 9.17) is 4.74 Å². The largest absolute Gasteiger partial charge is 0.483 e. The van der Waals surface area contributed by atoms with Crippen molar-refractivity contribution in [3.05, 3.63) is 53.2 Å². The second-order valence-electron chi connectivity index (χ2n) is 7.81. The Balaban J connectivity index is 1.54. The molecule has 0 atom stereocenters. The fraction of sp³-hybridized carbons (Fsp3) is 0.455. The number of nitrogens with one attached hydrogen (secondary N) is 1. The second kappa shape index (κ2) is 8.93. The number of hydrogen-bond acceptors (Lipinski definition) is 3. The van der Waals surface area contributed by atoms with Gasteiger partial charge in [-0.2, -0.15) is 13.2 Å². The summed E-state index contributed by atoms with van der Waals surface area (Å²) < 4.78 is 43.9. The van der Waals surface area contributed by atoms with Gasteiger partial charge in [-0.3, -0.25) is 9.69 Å². The zero-order valence-electron chi connectivity index (χ0n) is 17.4. The number of benzene rings is 1. The van der Waals surface area contributed by atoms with Crippen LogP contribution in [0.15, 0.2) is 36.5 Å². The zero-order chi connectivity index (χ0) is 21.9. The first kappa shape index (κ1) is 21.9. The average molecular weight is 422 g/mol. The molecule has 1 saturated heterocycles. The fourth-order valence-corrected chi connectivity index (χ4v) is 3.46. The highest BCUT2D eigenvalue weighted by Gasteiger charge is 2.33. The van der Waals surface area contributed by atoms with Crippen molar-refractivity contribution in [2.24, 2.45) is 0 Å². The third-order valence-electron chi connectivity index (χ3n) is 5.24. The highest BCUT2D eigenvalue weighted by Crippen LogP contribution is 2.29. The molecule has 1 aromatic heterocycles. The van der Waals surface area contributed by atoms with Crippen molar-refractivity contribution >= 4 is 11.7 Å². The van der Waals surface area contributed by atoms with Crippen molar-refractivity contribution in [1.29, 1.82) is 0 Å². The SMILES string of the molecule is Cc1ccc(C(C)C)c(OCC(=O)N2CCN(c3ccc(C(F)(F)F)c[nH+]3)CC2)c1. The second-order valence-corrected chi connectivity index (χ2v) is 7.81. The number of hydrogen-bond donors (Lipinski definition) is 0. The van der Waals surface area contributed by atoms with E-state index in [2.05, 4.69) is 18.8 Å². The predicted octanol–water partition coefficient (Wildman–Crippen LogP) is 3.68. The number of amides is 1. The number of anilines is 1. The van der Waals surface area contributed by atoms with Crippen LogP contribution in [0.1, 0.15) is 36.5 Å². The first-order valence-electron chi connectivity index (χ1n) is 10.00. The van der Waals surface area contributed by atoms with E-state index in [1.165, 1.54) is 6.07 Å². The molecule has 5 nitrogen and oxygen atoms in total. The van der Waals surface area contributed by atoms with Gasteiger partial charge in [-0.15, -0.1) is 0 Å². The summed E-state index contributed by atoms with van der Waals surface area (Å²) in [5.41, 5.74) is 1.42. The van der Waals surface area contributed by atoms with E-state index in [1.807, 2.05) is 30.0 Å². The number of carbonyl (C=O) groups is 1. The van der Waals surface area contributed by atoms with E-state index in [1.54, 1.807) is 4.90 Å². The minimum atomic E-state index is -4.37. The number of carbonyl (C=O) groups excluding carboxylic acids is 1. The lowest BCUT2D eigenvalue weighted by atomic mass is 10.0. The monoisotopic (exact) mass is 422 g/mol. The molecule has 162 valence electrons. The molecule has 0 radical (unpaired) electrons. The molecule has 8 heteroatoms. The molecule has 3 rings (SSSR count). The van der Waals surface area contributed by atoms with Crippen molar-refractivity contribution < 1.29 is 27.7 Å². The summed E-state index contributed by atoms with van der Waals surface area (Å²) in [5.74, 6) is 1.53. The summed E-state index contributed by atoms with van der Waals surface area (Å²) in [7, 11) is 0. The standard InChI is InChI=1S/C22H26F3N3O2/c1-15(2)18-6-4-16(3)12-19(18)30-14-21(29)28-10-8-27(9-11-28)20-7-5-17(13-26-20)22(23,24)25/h4-7,12-13,15H,8-11,14H2,1-3H3/p+1. The minimum Gasteiger partial charge on any atom is -0.483 e. The summed E-state index contributed by atoms with van der Waals surface area (Å²) in [6.07, 6.45) is -3.40. The Bertz CT molecular complexity index is 874. The molecule has 1 aromatic carbocycles. The third-order valence-corrected chi connectivity index (χ3v) is 5.24. The average Bonchev–Trinajstić information content (AvgIpc) is 2.71. The van der Waals surface area contributed by atoms with Crippen molar-refractivity contribution in [3.63, 3.8) is 0 Å². The van der Waals surface area contributed by atoms with Gasteiger partial charge in [0.1, 0.15) is 25.0 Å². The maximum atomic E-state index is 12.7. The van der Waals surface area contributed by atoms with Crippen LogP contribution in [0.2, 0.25) is 0 Å². The number of aromatic nitrogens is 1. The van der Waals surface area contributed by atoms with Gasteiger partial charge in [0.15, 0.2) is 6.61 Å². The molecular weight excluding hydrogens is 395 g/mol. The maximum absolute atomic E-state index is 12.7. The van der Waals surface area contributed by atoms with Crippen molar-refractivity contribution in [3.8, 4) is 5.75 Å². The summed E-state index contributed by atoms with van der Waals surface area (Å²) in [6.45, 7) is 8.16. The molecule has 2 aromatic rings. The lowest BCUT2D eigenvalue weighted by Gasteiger charge is -2.31. The Kier molecular flexibility index (Phi) is 6.53. The van der Waals surface area contributed by atoms with E-state index >= 15 is 0 Å². The predicted molar refractivity (Wildman–Crippen MR) is 108 cm³/mol. The van der Waals surface area contributed by atoms with E-state index in [9.17, 15) is 18.0 Å². The van der Waals surface area contributed by atoms with E-state index in [0.29, 0.717) is 37.9 Å². The van der Waals surface area contributed by atoms with Crippen LogP contribution in [0.5, 0.6) is 5.75 Å². The smallest absolute Gasteiger partial charge is 0.419 e. The number of nitrogens with zero attached hydrogens (tertiary/aromatic N) is 2. The molecule has 0 spiro atoms. The van der Waals surface area contributed by atoms with Gasteiger partial charge in [0.2, 0.25) is 0 Å². The Morgan fingerprint density at radius 1 is 1.13 bits per heavy atom. The first-order chi connectivity index (χ1) is 14.1. The number of H-pyrrole nitrogens is 1. The molecule has 30 heavy (non-hydrogen) atoms. The number of halogens is 3. The molecule has 1 N–H and O–H groups in total. The Morgan fingerprint density at radius 3 is 2.40 bits per heavy atom. The normalized spacial score (nSPS) is 14.9. The van der Waals surface area contributed by atoms with Crippen LogP contribution >= 0.6 is 0 Å². The quantitative estimate of drug-likeness (QED) is 0.739. The lowest BCUT2D eigenvalue weighted by Crippen LogP contribution is -2.51. The molecule has 0 bridgehead atoms. The number of aryl methyl sites for hydroxylation is 1. The maximum Gasteiger partial charge on any atom is 0.419 e. The van der Waals surface area contributed by atoms with Gasteiger partial charge < -0.3 is 9.64 Å². The van der Waals surface area contributed by atoms with Gasteiger partial charge in [0, 0.05) is 6.07 Å². The zero-order valence-corrected chi connectivity index (χ0v) is 17.4. The minimum absolute atomic E-state index is 0.0322. The van der Waals surface area contributed by atoms with E-state index < -0.39 is 11.7 Å². The molecule has 1 aliphatic heterocycles. The van der Waals surface area contributed by atoms with Crippen LogP contribution in [0.3, 0.4) is 0 Å². The van der Waals surface area contributed by atoms with Gasteiger partial charge in [-0.25, -0.2) is 4.98 Å². The van der Waals surface area contributed by atoms with Crippen molar-refractivity contribution in [1.82, 2.24) is 4.90 Å². The van der Waals surface area contributed by atoms with Gasteiger partial charge in [-0.05, 0) is 36.1 Å². The van der Waals surface area contributed by atoms with Crippen molar-refractivity contribution in [2.45, 2.75) is 32.9 Å². The Morgan fingerprint density at radius 2 is 1.83 bits per heavy atom. The molecule has 0 unspecified atom stereocenters. The van der Waals surface area contributed by atoms with Crippen LogP contribution < -0.4 is 14.6 Å². The molecule has 0 aliphatic carbocycles. The number of pyridine rings is 1.